The Hall–Kier alpha value is -2.49. The highest BCUT2D eigenvalue weighted by molar-refractivity contribution is 5.76. The maximum absolute atomic E-state index is 13.2. The summed E-state index contributed by atoms with van der Waals surface area (Å²) < 4.78 is 19.8. The van der Waals surface area contributed by atoms with Gasteiger partial charge in [0.25, 0.3) is 0 Å². The first-order valence-corrected chi connectivity index (χ1v) is 19.6. The number of carbonyl (C=O) groups excluding carboxylic acids is 1. The van der Waals surface area contributed by atoms with Crippen molar-refractivity contribution < 1.29 is 19.0 Å². The summed E-state index contributed by atoms with van der Waals surface area (Å²) in [5.41, 5.74) is 8.08. The van der Waals surface area contributed by atoms with E-state index in [4.69, 9.17) is 14.2 Å². The third kappa shape index (κ3) is 4.30. The minimum absolute atomic E-state index is 0.00457. The van der Waals surface area contributed by atoms with Crippen molar-refractivity contribution in [2.75, 3.05) is 7.11 Å². The topological polar surface area (TPSA) is 44.8 Å². The number of fused-ring (bicyclic) bond motifs is 10. The molecule has 1 aromatic rings. The van der Waals surface area contributed by atoms with E-state index in [0.29, 0.717) is 23.7 Å². The minimum atomic E-state index is -0.438. The van der Waals surface area contributed by atoms with Gasteiger partial charge in [0.15, 0.2) is 17.1 Å². The highest BCUT2D eigenvalue weighted by Gasteiger charge is 2.68. The molecular weight excluding hydrogens is 604 g/mol. The van der Waals surface area contributed by atoms with Crippen molar-refractivity contribution >= 4 is 12.0 Å². The molecule has 0 aromatic heterocycles. The zero-order valence-electron chi connectivity index (χ0n) is 32.2. The van der Waals surface area contributed by atoms with Gasteiger partial charge in [0.1, 0.15) is 6.10 Å². The van der Waals surface area contributed by atoms with Gasteiger partial charge in [-0.1, -0.05) is 64.5 Å². The molecule has 4 nitrogen and oxygen atoms in total. The molecule has 6 aliphatic carbocycles. The molecule has 0 N–H and O–H groups in total. The number of esters is 1. The molecule has 0 radical (unpaired) electrons. The van der Waals surface area contributed by atoms with E-state index in [1.165, 1.54) is 59.9 Å². The fourth-order valence-corrected chi connectivity index (χ4v) is 13.3. The van der Waals surface area contributed by atoms with Crippen LogP contribution in [0.5, 0.6) is 11.5 Å². The Morgan fingerprint density at radius 1 is 0.959 bits per heavy atom. The molecule has 4 heteroatoms. The zero-order chi connectivity index (χ0) is 35.1. The lowest BCUT2D eigenvalue weighted by Gasteiger charge is -2.71. The number of hydrogen-bond acceptors (Lipinski definition) is 4. The van der Waals surface area contributed by atoms with Gasteiger partial charge in [-0.05, 0) is 155 Å². The van der Waals surface area contributed by atoms with Gasteiger partial charge < -0.3 is 14.2 Å². The van der Waals surface area contributed by atoms with Crippen molar-refractivity contribution in [1.82, 2.24) is 0 Å². The lowest BCUT2D eigenvalue weighted by molar-refractivity contribution is -0.205. The van der Waals surface area contributed by atoms with Crippen LogP contribution in [0.1, 0.15) is 143 Å². The van der Waals surface area contributed by atoms with Crippen molar-refractivity contribution in [3.05, 3.63) is 52.1 Å². The number of hydrogen-bond donors (Lipinski definition) is 0. The zero-order valence-corrected chi connectivity index (χ0v) is 32.2. The summed E-state index contributed by atoms with van der Waals surface area (Å²) in [6.07, 6.45) is 17.2. The van der Waals surface area contributed by atoms with Crippen molar-refractivity contribution in [3.63, 3.8) is 0 Å². The summed E-state index contributed by atoms with van der Waals surface area (Å²) in [5, 5.41) is 0. The van der Waals surface area contributed by atoms with E-state index in [1.807, 2.05) is 0 Å². The number of ether oxygens (including phenoxy) is 3. The average Bonchev–Trinajstić information content (AvgIpc) is 3.22. The van der Waals surface area contributed by atoms with Crippen LogP contribution < -0.4 is 9.47 Å². The van der Waals surface area contributed by atoms with Gasteiger partial charge in [0.05, 0.1) is 12.5 Å². The van der Waals surface area contributed by atoms with Gasteiger partial charge in [-0.3, -0.25) is 4.79 Å². The molecule has 0 spiro atoms. The van der Waals surface area contributed by atoms with Crippen LogP contribution in [0, 0.1) is 52.3 Å². The van der Waals surface area contributed by atoms with Gasteiger partial charge in [-0.2, -0.15) is 0 Å². The number of allylic oxidation sites excluding steroid dienone is 2. The quantitative estimate of drug-likeness (QED) is 0.233. The minimum Gasteiger partial charge on any atom is -0.482 e. The lowest BCUT2D eigenvalue weighted by Crippen LogP contribution is -2.65. The van der Waals surface area contributed by atoms with Crippen LogP contribution in [0.15, 0.2) is 35.4 Å². The highest BCUT2D eigenvalue weighted by atomic mass is 16.6. The van der Waals surface area contributed by atoms with Gasteiger partial charge in [-0.25, -0.2) is 0 Å². The molecule has 0 bridgehead atoms. The molecule has 7 aliphatic rings. The molecule has 0 amide bonds. The monoisotopic (exact) mass is 666 g/mol. The highest BCUT2D eigenvalue weighted by Crippen LogP contribution is 2.75. The smallest absolute Gasteiger partial charge is 0.311 e. The molecule has 11 atom stereocenters. The predicted octanol–water partition coefficient (Wildman–Crippen LogP) is 11.1. The number of methoxy groups -OCH3 is 1. The normalized spacial score (nSPS) is 46.3. The van der Waals surface area contributed by atoms with Gasteiger partial charge in [0, 0.05) is 17.4 Å². The average molecular weight is 667 g/mol. The third-order valence-corrected chi connectivity index (χ3v) is 17.1. The first-order valence-electron chi connectivity index (χ1n) is 19.6. The largest absolute Gasteiger partial charge is 0.482 e. The summed E-state index contributed by atoms with van der Waals surface area (Å²) in [4.78, 5) is 13.2. The van der Waals surface area contributed by atoms with Crippen LogP contribution in [-0.2, 0) is 14.9 Å². The van der Waals surface area contributed by atoms with E-state index in [0.717, 1.165) is 50.0 Å². The lowest BCUT2D eigenvalue weighted by atomic mass is 9.33. The SMILES string of the molecule is C=C(C)[C@H]1CC[C@@H](C)C2=C(C1)[C@]1(C)Oc3c(cc4c(c3C)C=C[C@H]3[C@@]4(C)CC[C@@]4(C)[C@@H]5C[C@](C)(C(=O)OC)CC[C@]5(C)CC[C@]34C)O[C@@H]1C2. The molecule has 0 saturated heterocycles. The summed E-state index contributed by atoms with van der Waals surface area (Å²) in [5.74, 6) is 3.86. The van der Waals surface area contributed by atoms with Crippen LogP contribution in [-0.4, -0.2) is 24.8 Å². The second-order valence-corrected chi connectivity index (χ2v) is 19.6. The van der Waals surface area contributed by atoms with E-state index < -0.39 is 11.0 Å². The Balaban J connectivity index is 1.16. The van der Waals surface area contributed by atoms with Crippen molar-refractivity contribution in [2.24, 2.45) is 45.3 Å². The van der Waals surface area contributed by atoms with E-state index in [1.54, 1.807) is 12.7 Å². The second kappa shape index (κ2) is 10.5. The fourth-order valence-electron chi connectivity index (χ4n) is 13.3. The number of carbonyl (C=O) groups is 1. The van der Waals surface area contributed by atoms with Gasteiger partial charge in [-0.15, -0.1) is 0 Å². The Kier molecular flexibility index (Phi) is 7.23. The molecule has 3 fully saturated rings. The second-order valence-electron chi connectivity index (χ2n) is 19.6. The number of benzene rings is 1. The van der Waals surface area contributed by atoms with E-state index >= 15 is 0 Å². The van der Waals surface area contributed by atoms with Crippen molar-refractivity contribution in [3.8, 4) is 11.5 Å². The van der Waals surface area contributed by atoms with Crippen LogP contribution in [0.2, 0.25) is 0 Å². The molecule has 266 valence electrons. The van der Waals surface area contributed by atoms with Crippen LogP contribution >= 0.6 is 0 Å². The maximum Gasteiger partial charge on any atom is 0.311 e. The maximum atomic E-state index is 13.2. The molecular formula is C45H62O4. The van der Waals surface area contributed by atoms with E-state index in [2.05, 4.69) is 87.1 Å². The molecule has 1 heterocycles. The van der Waals surface area contributed by atoms with Gasteiger partial charge >= 0.3 is 5.97 Å². The summed E-state index contributed by atoms with van der Waals surface area (Å²) in [6.45, 7) is 26.0. The summed E-state index contributed by atoms with van der Waals surface area (Å²) >= 11 is 0. The standard InChI is InChI=1S/C45H62O4/c1-26(2)29-13-12-27(3)31-23-37-45(10,33(31)22-29)49-38-28(4)30-14-15-35-42(7,32(30)24-34(38)48-37)19-21-44(9)36-25-41(6,39(46)47-11)17-16-40(36,5)18-20-43(35,44)8/h14-15,24,27,29,35-37H,1,12-13,16-23,25H2,2-11H3/t27-,29+,35+,36-,37-,40-,41-,42+,43-,44+,45+/m1/s1. The molecule has 0 unspecified atom stereocenters. The summed E-state index contributed by atoms with van der Waals surface area (Å²) in [6, 6.07) is 2.41. The Morgan fingerprint density at radius 2 is 1.67 bits per heavy atom. The molecule has 8 rings (SSSR count). The molecule has 1 aromatic carbocycles. The third-order valence-electron chi connectivity index (χ3n) is 17.1. The number of rotatable bonds is 2. The van der Waals surface area contributed by atoms with Crippen LogP contribution in [0.25, 0.3) is 6.08 Å². The molecule has 1 aliphatic heterocycles. The van der Waals surface area contributed by atoms with Crippen molar-refractivity contribution in [1.29, 1.82) is 0 Å². The van der Waals surface area contributed by atoms with Gasteiger partial charge in [0.2, 0.25) is 0 Å². The first-order chi connectivity index (χ1) is 22.9. The predicted molar refractivity (Wildman–Crippen MR) is 198 cm³/mol. The fraction of sp³-hybridized carbons (Fsp3) is 0.711. The van der Waals surface area contributed by atoms with Crippen LogP contribution in [0.3, 0.4) is 0 Å². The Labute approximate surface area is 296 Å². The summed E-state index contributed by atoms with van der Waals surface area (Å²) in [7, 11) is 1.57. The van der Waals surface area contributed by atoms with E-state index in [9.17, 15) is 4.79 Å². The first kappa shape index (κ1) is 33.6. The van der Waals surface area contributed by atoms with Crippen molar-refractivity contribution in [2.45, 2.75) is 150 Å². The Morgan fingerprint density at radius 3 is 2.39 bits per heavy atom. The molecule has 49 heavy (non-hydrogen) atoms. The molecule has 3 saturated carbocycles. The Bertz CT molecular complexity index is 1700. The van der Waals surface area contributed by atoms with Crippen LogP contribution in [0.4, 0.5) is 0 Å². The van der Waals surface area contributed by atoms with E-state index in [-0.39, 0.29) is 33.7 Å².